The van der Waals surface area contributed by atoms with E-state index in [4.69, 9.17) is 33.9 Å². The quantitative estimate of drug-likeness (QED) is 0.0495. The number of aliphatic carboxylic acids is 3. The molecule has 0 aliphatic carbocycles. The lowest BCUT2D eigenvalue weighted by molar-refractivity contribution is -0.140. The lowest BCUT2D eigenvalue weighted by Gasteiger charge is -2.18. The first-order valence-electron chi connectivity index (χ1n) is 15.7. The number of carbonyl (C=O) groups excluding carboxylic acids is 3. The van der Waals surface area contributed by atoms with Crippen molar-refractivity contribution in [2.75, 3.05) is 31.5 Å². The Morgan fingerprint density at radius 1 is 0.750 bits per heavy atom. The van der Waals surface area contributed by atoms with Crippen LogP contribution in [0.15, 0.2) is 24.3 Å². The zero-order chi connectivity index (χ0) is 35.9. The summed E-state index contributed by atoms with van der Waals surface area (Å²) >= 11 is 5.33. The van der Waals surface area contributed by atoms with Crippen molar-refractivity contribution in [1.29, 1.82) is 0 Å². The summed E-state index contributed by atoms with van der Waals surface area (Å²) < 4.78 is 0. The molecule has 0 saturated heterocycles. The zero-order valence-corrected chi connectivity index (χ0v) is 27.6. The van der Waals surface area contributed by atoms with Gasteiger partial charge in [-0.1, -0.05) is 18.6 Å². The van der Waals surface area contributed by atoms with Gasteiger partial charge in [0.05, 0.1) is 0 Å². The van der Waals surface area contributed by atoms with Crippen LogP contribution in [0, 0.1) is 0 Å². The summed E-state index contributed by atoms with van der Waals surface area (Å²) in [5.74, 6) is -4.66. The van der Waals surface area contributed by atoms with E-state index in [1.54, 1.807) is 0 Å². The molecule has 48 heavy (non-hydrogen) atoms. The maximum Gasteiger partial charge on any atom is 0.326 e. The van der Waals surface area contributed by atoms with Gasteiger partial charge in [0.1, 0.15) is 18.6 Å². The Balaban J connectivity index is 2.35. The molecule has 1 aromatic rings. The van der Waals surface area contributed by atoms with Gasteiger partial charge in [0.2, 0.25) is 11.8 Å². The van der Waals surface area contributed by atoms with E-state index in [0.717, 1.165) is 17.7 Å². The number of rotatable bonds is 24. The SMILES string of the molecule is NCC(N)Cc1ccc(NC(=S)NCCCCCC(=O)N[C@@H](CCC(=O)O)C(=O)NCCCC[C@H](NC(=O)NCC(=O)O)C(=O)O)cc1. The molecule has 0 aliphatic heterocycles. The van der Waals surface area contributed by atoms with E-state index in [9.17, 15) is 33.9 Å². The molecule has 268 valence electrons. The molecular weight excluding hydrogens is 648 g/mol. The van der Waals surface area contributed by atoms with Crippen LogP contribution in [0.5, 0.6) is 0 Å². The highest BCUT2D eigenvalue weighted by atomic mass is 32.1. The van der Waals surface area contributed by atoms with E-state index in [-0.39, 0.29) is 44.7 Å². The van der Waals surface area contributed by atoms with Gasteiger partial charge in [-0.05, 0) is 74.9 Å². The number of hydrogen-bond acceptors (Lipinski definition) is 9. The smallest absolute Gasteiger partial charge is 0.326 e. The fourth-order valence-corrected chi connectivity index (χ4v) is 4.53. The van der Waals surface area contributed by atoms with Crippen LogP contribution in [0.25, 0.3) is 0 Å². The van der Waals surface area contributed by atoms with Gasteiger partial charge in [-0.3, -0.25) is 19.2 Å². The highest BCUT2D eigenvalue weighted by Gasteiger charge is 2.22. The molecular formula is C30H48N8O9S. The minimum Gasteiger partial charge on any atom is -0.481 e. The van der Waals surface area contributed by atoms with Crippen molar-refractivity contribution in [3.05, 3.63) is 29.8 Å². The van der Waals surface area contributed by atoms with Crippen molar-refractivity contribution in [1.82, 2.24) is 26.6 Å². The molecule has 13 N–H and O–H groups in total. The number of carbonyl (C=O) groups is 6. The molecule has 4 amide bonds. The average Bonchev–Trinajstić information content (AvgIpc) is 3.03. The maximum atomic E-state index is 12.7. The number of carboxylic acids is 3. The molecule has 0 radical (unpaired) electrons. The van der Waals surface area contributed by atoms with E-state index in [0.29, 0.717) is 43.9 Å². The van der Waals surface area contributed by atoms with Gasteiger partial charge in [-0.15, -0.1) is 0 Å². The van der Waals surface area contributed by atoms with Crippen molar-refractivity contribution in [3.8, 4) is 0 Å². The number of thiocarbonyl (C=S) groups is 1. The van der Waals surface area contributed by atoms with E-state index in [1.165, 1.54) is 0 Å². The fourth-order valence-electron chi connectivity index (χ4n) is 4.31. The van der Waals surface area contributed by atoms with Crippen LogP contribution in [0.2, 0.25) is 0 Å². The van der Waals surface area contributed by atoms with Crippen LogP contribution in [0.3, 0.4) is 0 Å². The number of nitrogens with one attached hydrogen (secondary N) is 6. The highest BCUT2D eigenvalue weighted by molar-refractivity contribution is 7.80. The van der Waals surface area contributed by atoms with Crippen molar-refractivity contribution >= 4 is 58.8 Å². The third-order valence-electron chi connectivity index (χ3n) is 6.90. The summed E-state index contributed by atoms with van der Waals surface area (Å²) in [6.45, 7) is 0.450. The number of urea groups is 1. The third-order valence-corrected chi connectivity index (χ3v) is 7.15. The van der Waals surface area contributed by atoms with Crippen LogP contribution < -0.4 is 43.4 Å². The lowest BCUT2D eigenvalue weighted by Crippen LogP contribution is -2.47. The van der Waals surface area contributed by atoms with Crippen molar-refractivity contribution in [2.45, 2.75) is 82.3 Å². The summed E-state index contributed by atoms with van der Waals surface area (Å²) in [5, 5.41) is 43.0. The average molecular weight is 697 g/mol. The Labute approximate surface area is 284 Å². The monoisotopic (exact) mass is 696 g/mol. The first kappa shape index (κ1) is 41.5. The molecule has 1 unspecified atom stereocenters. The molecule has 0 heterocycles. The molecule has 0 aliphatic rings. The van der Waals surface area contributed by atoms with Gasteiger partial charge in [-0.25, -0.2) is 9.59 Å². The van der Waals surface area contributed by atoms with Crippen LogP contribution in [-0.4, -0.2) is 100 Å². The Kier molecular flexibility index (Phi) is 20.5. The van der Waals surface area contributed by atoms with E-state index in [1.807, 2.05) is 29.6 Å². The zero-order valence-electron chi connectivity index (χ0n) is 26.8. The van der Waals surface area contributed by atoms with Gasteiger partial charge in [-0.2, -0.15) is 0 Å². The van der Waals surface area contributed by atoms with Crippen LogP contribution in [0.4, 0.5) is 10.5 Å². The summed E-state index contributed by atoms with van der Waals surface area (Å²) in [7, 11) is 0. The minimum absolute atomic E-state index is 0.0163. The number of carboxylic acid groups (broad SMARTS) is 3. The largest absolute Gasteiger partial charge is 0.481 e. The van der Waals surface area contributed by atoms with E-state index < -0.39 is 54.4 Å². The van der Waals surface area contributed by atoms with E-state index in [2.05, 4.69) is 26.6 Å². The molecule has 0 aromatic heterocycles. The van der Waals surface area contributed by atoms with Crippen LogP contribution >= 0.6 is 12.2 Å². The second-order valence-corrected chi connectivity index (χ2v) is 11.4. The Bertz CT molecular complexity index is 1220. The normalized spacial score (nSPS) is 12.5. The van der Waals surface area contributed by atoms with Gasteiger partial charge in [0.15, 0.2) is 5.11 Å². The van der Waals surface area contributed by atoms with Crippen molar-refractivity contribution < 1.29 is 44.1 Å². The van der Waals surface area contributed by atoms with Gasteiger partial charge >= 0.3 is 23.9 Å². The standard InChI is InChI=1S/C30H48N8O9S/c31-17-20(32)16-19-8-10-21(11-9-19)36-30(48)34-15-4-1-2-7-24(39)37-22(12-13-25(40)41)27(44)33-14-5-3-6-23(28(45)46)38-29(47)35-18-26(42)43/h8-11,20,22-23H,1-7,12-18,31-32H2,(H,33,44)(H,37,39)(H,40,41)(H,42,43)(H,45,46)(H2,34,36,48)(H2,35,38,47)/t20?,22-,23-/m0/s1. The second-order valence-electron chi connectivity index (χ2n) is 11.0. The van der Waals surface area contributed by atoms with Gasteiger partial charge < -0.3 is 58.7 Å². The molecule has 3 atom stereocenters. The second kappa shape index (κ2) is 23.7. The molecule has 1 rings (SSSR count). The number of unbranched alkanes of at least 4 members (excludes halogenated alkanes) is 3. The Morgan fingerprint density at radius 2 is 1.42 bits per heavy atom. The highest BCUT2D eigenvalue weighted by Crippen LogP contribution is 2.11. The summed E-state index contributed by atoms with van der Waals surface area (Å²) in [5.41, 5.74) is 13.4. The molecule has 0 saturated carbocycles. The topological polar surface area (TPSA) is 287 Å². The summed E-state index contributed by atoms with van der Waals surface area (Å²) in [4.78, 5) is 69.8. The van der Waals surface area contributed by atoms with Gasteiger partial charge in [0.25, 0.3) is 0 Å². The molecule has 17 nitrogen and oxygen atoms in total. The number of hydrogen-bond donors (Lipinski definition) is 11. The Morgan fingerprint density at radius 3 is 2.04 bits per heavy atom. The molecule has 18 heteroatoms. The maximum absolute atomic E-state index is 12.7. The number of nitrogens with two attached hydrogens (primary N) is 2. The Hall–Kier alpha value is -4.55. The fraction of sp³-hybridized carbons (Fsp3) is 0.567. The van der Waals surface area contributed by atoms with Crippen LogP contribution in [0.1, 0.15) is 63.4 Å². The van der Waals surface area contributed by atoms with Crippen LogP contribution in [-0.2, 0) is 30.4 Å². The predicted molar refractivity (Wildman–Crippen MR) is 181 cm³/mol. The molecule has 0 bridgehead atoms. The molecule has 1 aromatic carbocycles. The van der Waals surface area contributed by atoms with Gasteiger partial charge in [0, 0.05) is 44.2 Å². The number of amides is 4. The third kappa shape index (κ3) is 19.9. The van der Waals surface area contributed by atoms with Crippen molar-refractivity contribution in [2.24, 2.45) is 11.5 Å². The first-order valence-corrected chi connectivity index (χ1v) is 16.1. The summed E-state index contributed by atoms with van der Waals surface area (Å²) in [6, 6.07) is 4.38. The first-order chi connectivity index (χ1) is 22.8. The predicted octanol–water partition coefficient (Wildman–Crippen LogP) is -0.165. The van der Waals surface area contributed by atoms with Crippen molar-refractivity contribution in [3.63, 3.8) is 0 Å². The summed E-state index contributed by atoms with van der Waals surface area (Å²) in [6.07, 6.45) is 3.01. The van der Waals surface area contributed by atoms with E-state index >= 15 is 0 Å². The number of benzene rings is 1. The molecule has 0 spiro atoms. The minimum atomic E-state index is -1.31. The lowest BCUT2D eigenvalue weighted by atomic mass is 10.1. The molecule has 0 fully saturated rings. The number of anilines is 1.